The van der Waals surface area contributed by atoms with E-state index in [9.17, 15) is 8.42 Å². The molecular formula is C26H29N5O2S2. The predicted octanol–water partition coefficient (Wildman–Crippen LogP) is 4.21. The summed E-state index contributed by atoms with van der Waals surface area (Å²) in [4.78, 5) is 9.57. The maximum atomic E-state index is 13.7. The molecule has 2 saturated heterocycles. The molecule has 2 aromatic heterocycles. The number of sulfonamides is 1. The lowest BCUT2D eigenvalue weighted by atomic mass is 10.1. The number of piperazine rings is 1. The molecule has 7 nitrogen and oxygen atoms in total. The molecule has 0 unspecified atom stereocenters. The molecule has 0 spiro atoms. The fourth-order valence-electron chi connectivity index (χ4n) is 5.45. The topological polar surface area (TPSA) is 69.6 Å². The molecular weight excluding hydrogens is 478 g/mol. The zero-order chi connectivity index (χ0) is 23.8. The predicted molar refractivity (Wildman–Crippen MR) is 142 cm³/mol. The smallest absolute Gasteiger partial charge is 0.244 e. The number of para-hydroxylation sites is 1. The van der Waals surface area contributed by atoms with Crippen molar-refractivity contribution in [3.63, 3.8) is 0 Å². The van der Waals surface area contributed by atoms with E-state index in [-0.39, 0.29) is 6.04 Å². The van der Waals surface area contributed by atoms with Crippen LogP contribution in [0.1, 0.15) is 19.3 Å². The van der Waals surface area contributed by atoms with Crippen LogP contribution in [0.2, 0.25) is 0 Å². The van der Waals surface area contributed by atoms with Gasteiger partial charge in [0.25, 0.3) is 0 Å². The molecule has 0 saturated carbocycles. The van der Waals surface area contributed by atoms with Gasteiger partial charge in [0.2, 0.25) is 10.0 Å². The molecule has 4 aromatic rings. The van der Waals surface area contributed by atoms with E-state index in [0.29, 0.717) is 16.8 Å². The number of rotatable bonds is 6. The highest BCUT2D eigenvalue weighted by Crippen LogP contribution is 2.32. The second-order valence-corrected chi connectivity index (χ2v) is 12.0. The highest BCUT2D eigenvalue weighted by atomic mass is 32.2. The summed E-state index contributed by atoms with van der Waals surface area (Å²) in [6, 6.07) is 17.6. The SMILES string of the molecule is O=S(=O)(c1ccnc2ccccc12)N1CCC[C@@H]1CCN1CCN(c2nsc3ccccc23)CC1. The Balaban J connectivity index is 1.11. The first kappa shape index (κ1) is 22.8. The highest BCUT2D eigenvalue weighted by Gasteiger charge is 2.36. The van der Waals surface area contributed by atoms with Crippen molar-refractivity contribution in [1.29, 1.82) is 0 Å². The molecule has 0 amide bonds. The molecule has 2 aliphatic rings. The lowest BCUT2D eigenvalue weighted by molar-refractivity contribution is 0.232. The number of aromatic nitrogens is 2. The van der Waals surface area contributed by atoms with E-state index in [2.05, 4.69) is 39.0 Å². The van der Waals surface area contributed by atoms with Crippen LogP contribution < -0.4 is 4.90 Å². The third-order valence-electron chi connectivity index (χ3n) is 7.33. The van der Waals surface area contributed by atoms with Crippen molar-refractivity contribution < 1.29 is 8.42 Å². The van der Waals surface area contributed by atoms with Gasteiger partial charge in [-0.15, -0.1) is 0 Å². The lowest BCUT2D eigenvalue weighted by Gasteiger charge is -2.36. The molecule has 1 atom stereocenters. The van der Waals surface area contributed by atoms with Crippen molar-refractivity contribution in [2.45, 2.75) is 30.2 Å². The molecule has 0 bridgehead atoms. The van der Waals surface area contributed by atoms with E-state index in [1.54, 1.807) is 28.1 Å². The Morgan fingerprint density at radius 2 is 1.69 bits per heavy atom. The quantitative estimate of drug-likeness (QED) is 0.389. The van der Waals surface area contributed by atoms with Crippen LogP contribution in [0.3, 0.4) is 0 Å². The van der Waals surface area contributed by atoms with Crippen molar-refractivity contribution in [1.82, 2.24) is 18.6 Å². The summed E-state index contributed by atoms with van der Waals surface area (Å²) in [7, 11) is -3.57. The number of pyridine rings is 1. The summed E-state index contributed by atoms with van der Waals surface area (Å²) in [6.07, 6.45) is 4.30. The minimum atomic E-state index is -3.57. The number of fused-ring (bicyclic) bond motifs is 2. The highest BCUT2D eigenvalue weighted by molar-refractivity contribution is 7.89. The molecule has 182 valence electrons. The summed E-state index contributed by atoms with van der Waals surface area (Å²) in [6.45, 7) is 5.35. The first-order chi connectivity index (χ1) is 17.1. The van der Waals surface area contributed by atoms with Crippen LogP contribution in [-0.2, 0) is 10.0 Å². The fraction of sp³-hybridized carbons (Fsp3) is 0.385. The van der Waals surface area contributed by atoms with Gasteiger partial charge in [0, 0.05) is 55.7 Å². The van der Waals surface area contributed by atoms with E-state index in [0.717, 1.165) is 63.3 Å². The van der Waals surface area contributed by atoms with Crippen LogP contribution in [0, 0.1) is 0 Å². The average Bonchev–Trinajstić information content (AvgIpc) is 3.55. The molecule has 6 rings (SSSR count). The molecule has 2 aliphatic heterocycles. The zero-order valence-electron chi connectivity index (χ0n) is 19.6. The third-order valence-corrected chi connectivity index (χ3v) is 10.2. The average molecular weight is 508 g/mol. The summed E-state index contributed by atoms with van der Waals surface area (Å²) in [5.41, 5.74) is 0.718. The Kier molecular flexibility index (Phi) is 6.18. The molecule has 4 heterocycles. The third kappa shape index (κ3) is 4.31. The van der Waals surface area contributed by atoms with Gasteiger partial charge in [-0.2, -0.15) is 8.68 Å². The molecule has 0 radical (unpaired) electrons. The lowest BCUT2D eigenvalue weighted by Crippen LogP contribution is -2.48. The maximum absolute atomic E-state index is 13.7. The number of benzene rings is 2. The summed E-state index contributed by atoms with van der Waals surface area (Å²) >= 11 is 1.57. The Hall–Kier alpha value is -2.59. The minimum absolute atomic E-state index is 0.0486. The van der Waals surface area contributed by atoms with Crippen molar-refractivity contribution >= 4 is 48.4 Å². The minimum Gasteiger partial charge on any atom is -0.353 e. The molecule has 0 aliphatic carbocycles. The second-order valence-electron chi connectivity index (χ2n) is 9.36. The van der Waals surface area contributed by atoms with Gasteiger partial charge >= 0.3 is 0 Å². The molecule has 2 aromatic carbocycles. The number of hydrogen-bond donors (Lipinski definition) is 0. The first-order valence-electron chi connectivity index (χ1n) is 12.3. The molecule has 0 N–H and O–H groups in total. The van der Waals surface area contributed by atoms with Gasteiger partial charge in [-0.05, 0) is 61.6 Å². The summed E-state index contributed by atoms with van der Waals surface area (Å²) in [5, 5.41) is 1.94. The monoisotopic (exact) mass is 507 g/mol. The van der Waals surface area contributed by atoms with Gasteiger partial charge < -0.3 is 4.90 Å². The van der Waals surface area contributed by atoms with Gasteiger partial charge in [0.05, 0.1) is 15.1 Å². The fourth-order valence-corrected chi connectivity index (χ4v) is 8.15. The first-order valence-corrected chi connectivity index (χ1v) is 14.5. The van der Waals surface area contributed by atoms with Crippen LogP contribution in [0.4, 0.5) is 5.82 Å². The maximum Gasteiger partial charge on any atom is 0.244 e. The van der Waals surface area contributed by atoms with Crippen LogP contribution in [0.25, 0.3) is 21.0 Å². The Morgan fingerprint density at radius 3 is 2.54 bits per heavy atom. The number of anilines is 1. The second kappa shape index (κ2) is 9.46. The van der Waals surface area contributed by atoms with Crippen LogP contribution >= 0.6 is 11.5 Å². The van der Waals surface area contributed by atoms with Crippen LogP contribution in [-0.4, -0.2) is 72.3 Å². The zero-order valence-corrected chi connectivity index (χ0v) is 21.2. The van der Waals surface area contributed by atoms with Gasteiger partial charge in [-0.25, -0.2) is 8.42 Å². The normalized spacial score (nSPS) is 20.2. The summed E-state index contributed by atoms with van der Waals surface area (Å²) < 4.78 is 35.0. The Labute approximate surface area is 210 Å². The van der Waals surface area contributed by atoms with E-state index in [1.165, 1.54) is 10.1 Å². The Bertz CT molecular complexity index is 1440. The van der Waals surface area contributed by atoms with Gasteiger partial charge in [-0.1, -0.05) is 30.3 Å². The van der Waals surface area contributed by atoms with E-state index < -0.39 is 10.0 Å². The number of hydrogen-bond acceptors (Lipinski definition) is 7. The largest absolute Gasteiger partial charge is 0.353 e. The molecule has 35 heavy (non-hydrogen) atoms. The molecule has 2 fully saturated rings. The van der Waals surface area contributed by atoms with Gasteiger partial charge in [0.1, 0.15) is 5.82 Å². The Morgan fingerprint density at radius 1 is 0.914 bits per heavy atom. The van der Waals surface area contributed by atoms with Gasteiger partial charge in [0.15, 0.2) is 0 Å². The number of nitrogens with zero attached hydrogens (tertiary/aromatic N) is 5. The van der Waals surface area contributed by atoms with E-state index in [4.69, 9.17) is 4.37 Å². The van der Waals surface area contributed by atoms with Crippen molar-refractivity contribution in [3.05, 3.63) is 60.8 Å². The molecule has 9 heteroatoms. The van der Waals surface area contributed by atoms with Crippen molar-refractivity contribution in [2.75, 3.05) is 44.2 Å². The van der Waals surface area contributed by atoms with Crippen LogP contribution in [0.5, 0.6) is 0 Å². The van der Waals surface area contributed by atoms with E-state index >= 15 is 0 Å². The standard InChI is InChI=1S/C26H29N5O2S2/c32-35(33,25-11-13-27-23-9-3-1-7-21(23)25)31-14-5-6-20(31)12-15-29-16-18-30(19-17-29)26-22-8-2-4-10-24(22)34-28-26/h1-4,7-11,13,20H,5-6,12,14-19H2/t20-/m1/s1. The van der Waals surface area contributed by atoms with Gasteiger partial charge in [-0.3, -0.25) is 9.88 Å². The van der Waals surface area contributed by atoms with Crippen molar-refractivity contribution in [3.8, 4) is 0 Å². The van der Waals surface area contributed by atoms with E-state index in [1.807, 2.05) is 24.3 Å². The van der Waals surface area contributed by atoms with Crippen molar-refractivity contribution in [2.24, 2.45) is 0 Å². The summed E-state index contributed by atoms with van der Waals surface area (Å²) in [5.74, 6) is 1.10. The van der Waals surface area contributed by atoms with Crippen LogP contribution in [0.15, 0.2) is 65.7 Å².